The molecule has 0 saturated heterocycles. The maximum atomic E-state index is 6.05. The van der Waals surface area contributed by atoms with Crippen LogP contribution in [0.3, 0.4) is 0 Å². The Bertz CT molecular complexity index is 543. The molecular formula is C18H27NO. The Morgan fingerprint density at radius 2 is 1.90 bits per heavy atom. The second-order valence-corrected chi connectivity index (χ2v) is 5.65. The fourth-order valence-electron chi connectivity index (χ4n) is 2.88. The van der Waals surface area contributed by atoms with Gasteiger partial charge in [-0.2, -0.15) is 0 Å². The summed E-state index contributed by atoms with van der Waals surface area (Å²) < 4.78 is 6.05. The molecule has 1 aromatic carbocycles. The van der Waals surface area contributed by atoms with E-state index in [4.69, 9.17) is 4.42 Å². The minimum Gasteiger partial charge on any atom is -0.461 e. The monoisotopic (exact) mass is 273 g/mol. The molecule has 2 nitrogen and oxygen atoms in total. The van der Waals surface area contributed by atoms with Crippen LogP contribution in [-0.2, 0) is 6.42 Å². The van der Waals surface area contributed by atoms with Gasteiger partial charge in [0.2, 0.25) is 0 Å². The van der Waals surface area contributed by atoms with E-state index < -0.39 is 0 Å². The normalized spacial score (nSPS) is 14.6. The van der Waals surface area contributed by atoms with E-state index >= 15 is 0 Å². The molecule has 0 fully saturated rings. The van der Waals surface area contributed by atoms with Crippen molar-refractivity contribution in [3.05, 3.63) is 35.6 Å². The van der Waals surface area contributed by atoms with Crippen LogP contribution in [0.1, 0.15) is 57.9 Å². The highest BCUT2D eigenvalue weighted by atomic mass is 16.3. The number of furan rings is 1. The van der Waals surface area contributed by atoms with E-state index in [-0.39, 0.29) is 0 Å². The van der Waals surface area contributed by atoms with Gasteiger partial charge in [-0.3, -0.25) is 0 Å². The largest absolute Gasteiger partial charge is 0.461 e. The van der Waals surface area contributed by atoms with E-state index in [9.17, 15) is 0 Å². The van der Waals surface area contributed by atoms with Crippen molar-refractivity contribution in [3.8, 4) is 0 Å². The minimum atomic E-state index is 0.397. The topological polar surface area (TPSA) is 25.2 Å². The van der Waals surface area contributed by atoms with E-state index in [0.29, 0.717) is 6.04 Å². The van der Waals surface area contributed by atoms with Gasteiger partial charge in [-0.05, 0) is 24.9 Å². The molecule has 0 spiro atoms. The fraction of sp³-hybridized carbons (Fsp3) is 0.556. The number of benzene rings is 1. The highest BCUT2D eigenvalue weighted by Crippen LogP contribution is 2.34. The number of hydrogen-bond donors (Lipinski definition) is 1. The van der Waals surface area contributed by atoms with Crippen molar-refractivity contribution < 1.29 is 4.42 Å². The average molecular weight is 273 g/mol. The molecule has 2 atom stereocenters. The lowest BCUT2D eigenvalue weighted by Crippen LogP contribution is -2.23. The van der Waals surface area contributed by atoms with Gasteiger partial charge >= 0.3 is 0 Å². The van der Waals surface area contributed by atoms with Gasteiger partial charge in [0.05, 0.1) is 0 Å². The van der Waals surface area contributed by atoms with Gasteiger partial charge < -0.3 is 9.73 Å². The molecule has 0 aliphatic heterocycles. The first-order valence-electron chi connectivity index (χ1n) is 7.94. The van der Waals surface area contributed by atoms with Gasteiger partial charge in [0.15, 0.2) is 0 Å². The second kappa shape index (κ2) is 6.94. The molecule has 2 unspecified atom stereocenters. The Morgan fingerprint density at radius 1 is 1.15 bits per heavy atom. The van der Waals surface area contributed by atoms with Gasteiger partial charge in [0.25, 0.3) is 0 Å². The van der Waals surface area contributed by atoms with Crippen LogP contribution in [0.15, 0.2) is 28.7 Å². The van der Waals surface area contributed by atoms with Gasteiger partial charge in [-0.1, -0.05) is 52.3 Å². The van der Waals surface area contributed by atoms with Crippen LogP contribution < -0.4 is 5.32 Å². The van der Waals surface area contributed by atoms with Crippen molar-refractivity contribution in [2.45, 2.75) is 53.0 Å². The zero-order chi connectivity index (χ0) is 14.5. The predicted molar refractivity (Wildman–Crippen MR) is 86.1 cm³/mol. The molecule has 0 bridgehead atoms. The number of aryl methyl sites for hydroxylation is 1. The Hall–Kier alpha value is -1.28. The molecular weight excluding hydrogens is 246 g/mol. The van der Waals surface area contributed by atoms with Crippen molar-refractivity contribution in [1.29, 1.82) is 0 Å². The molecule has 0 saturated carbocycles. The summed E-state index contributed by atoms with van der Waals surface area (Å²) in [6.07, 6.45) is 3.34. The molecule has 0 amide bonds. The number of hydrogen-bond acceptors (Lipinski definition) is 2. The van der Waals surface area contributed by atoms with Crippen molar-refractivity contribution in [2.24, 2.45) is 5.92 Å². The van der Waals surface area contributed by atoms with E-state index in [1.807, 2.05) is 6.07 Å². The lowest BCUT2D eigenvalue weighted by atomic mass is 9.92. The molecule has 2 rings (SSSR count). The Kier molecular flexibility index (Phi) is 5.24. The summed E-state index contributed by atoms with van der Waals surface area (Å²) in [6, 6.07) is 8.81. The predicted octanol–water partition coefficient (Wildman–Crippen LogP) is 5.08. The third-order valence-electron chi connectivity index (χ3n) is 4.17. The van der Waals surface area contributed by atoms with Crippen LogP contribution in [0, 0.1) is 5.92 Å². The first-order chi connectivity index (χ1) is 9.71. The van der Waals surface area contributed by atoms with Crippen LogP contribution in [0.25, 0.3) is 11.0 Å². The number of nitrogens with one attached hydrogen (secondary N) is 1. The minimum absolute atomic E-state index is 0.397. The lowest BCUT2D eigenvalue weighted by molar-refractivity contribution is 0.402. The third kappa shape index (κ3) is 3.06. The molecule has 0 aliphatic rings. The SMILES string of the molecule is CCNC(CC(C)CC)c1c(CC)oc2ccccc12. The maximum Gasteiger partial charge on any atom is 0.134 e. The lowest BCUT2D eigenvalue weighted by Gasteiger charge is -2.21. The van der Waals surface area contributed by atoms with Crippen molar-refractivity contribution in [1.82, 2.24) is 5.32 Å². The maximum absolute atomic E-state index is 6.05. The van der Waals surface area contributed by atoms with Crippen molar-refractivity contribution in [2.75, 3.05) is 6.54 Å². The Morgan fingerprint density at radius 3 is 2.55 bits per heavy atom. The van der Waals surface area contributed by atoms with E-state index in [1.54, 1.807) is 0 Å². The van der Waals surface area contributed by atoms with Gasteiger partial charge in [-0.15, -0.1) is 0 Å². The third-order valence-corrected chi connectivity index (χ3v) is 4.17. The quantitative estimate of drug-likeness (QED) is 0.760. The number of rotatable bonds is 7. The van der Waals surface area contributed by atoms with Crippen molar-refractivity contribution in [3.63, 3.8) is 0 Å². The summed E-state index contributed by atoms with van der Waals surface area (Å²) in [5.74, 6) is 1.86. The molecule has 0 radical (unpaired) electrons. The van der Waals surface area contributed by atoms with Crippen LogP contribution in [-0.4, -0.2) is 6.54 Å². The number of fused-ring (bicyclic) bond motifs is 1. The van der Waals surface area contributed by atoms with E-state index in [1.165, 1.54) is 23.8 Å². The van der Waals surface area contributed by atoms with Gasteiger partial charge in [0, 0.05) is 23.4 Å². The van der Waals surface area contributed by atoms with E-state index in [0.717, 1.165) is 30.2 Å². The molecule has 2 heteroatoms. The Balaban J connectivity index is 2.45. The zero-order valence-corrected chi connectivity index (χ0v) is 13.2. The molecule has 20 heavy (non-hydrogen) atoms. The number of para-hydroxylation sites is 1. The highest BCUT2D eigenvalue weighted by molar-refractivity contribution is 5.82. The van der Waals surface area contributed by atoms with E-state index in [2.05, 4.69) is 51.2 Å². The molecule has 110 valence electrons. The van der Waals surface area contributed by atoms with Crippen molar-refractivity contribution >= 4 is 11.0 Å². The van der Waals surface area contributed by atoms with Crippen LogP contribution >= 0.6 is 0 Å². The summed E-state index contributed by atoms with van der Waals surface area (Å²) in [5.41, 5.74) is 2.40. The smallest absolute Gasteiger partial charge is 0.134 e. The summed E-state index contributed by atoms with van der Waals surface area (Å²) in [5, 5.41) is 4.93. The van der Waals surface area contributed by atoms with Gasteiger partial charge in [0.1, 0.15) is 11.3 Å². The first kappa shape index (κ1) is 15.1. The van der Waals surface area contributed by atoms with Crippen LogP contribution in [0.2, 0.25) is 0 Å². The molecule has 0 aliphatic carbocycles. The van der Waals surface area contributed by atoms with Gasteiger partial charge in [-0.25, -0.2) is 0 Å². The molecule has 1 N–H and O–H groups in total. The van der Waals surface area contributed by atoms with Crippen LogP contribution in [0.5, 0.6) is 0 Å². The summed E-state index contributed by atoms with van der Waals surface area (Å²) in [6.45, 7) is 9.94. The summed E-state index contributed by atoms with van der Waals surface area (Å²) >= 11 is 0. The Labute approximate surface area is 122 Å². The fourth-order valence-corrected chi connectivity index (χ4v) is 2.88. The zero-order valence-electron chi connectivity index (χ0n) is 13.2. The standard InChI is InChI=1S/C18H27NO/c1-5-13(4)12-15(19-7-3)18-14-10-8-9-11-17(14)20-16(18)6-2/h8-11,13,15,19H,5-7,12H2,1-4H3. The summed E-state index contributed by atoms with van der Waals surface area (Å²) in [4.78, 5) is 0. The average Bonchev–Trinajstić information content (AvgIpc) is 2.85. The molecule has 1 aromatic heterocycles. The molecule has 1 heterocycles. The highest BCUT2D eigenvalue weighted by Gasteiger charge is 2.22. The van der Waals surface area contributed by atoms with Crippen LogP contribution in [0.4, 0.5) is 0 Å². The summed E-state index contributed by atoms with van der Waals surface area (Å²) in [7, 11) is 0. The first-order valence-corrected chi connectivity index (χ1v) is 7.94. The molecule has 2 aromatic rings. The second-order valence-electron chi connectivity index (χ2n) is 5.65.